The van der Waals surface area contributed by atoms with Gasteiger partial charge < -0.3 is 9.64 Å². The second kappa shape index (κ2) is 9.58. The van der Waals surface area contributed by atoms with Crippen LogP contribution in [0.3, 0.4) is 0 Å². The van der Waals surface area contributed by atoms with Crippen molar-refractivity contribution in [3.63, 3.8) is 0 Å². The number of ether oxygens (including phenoxy) is 1. The summed E-state index contributed by atoms with van der Waals surface area (Å²) in [5.74, 6) is 0.681. The topological polar surface area (TPSA) is 55.6 Å². The number of non-ortho nitro benzene ring substituents is 1. The van der Waals surface area contributed by atoms with Crippen molar-refractivity contribution < 1.29 is 9.66 Å². The number of rotatable bonds is 8. The second-order valence-corrected chi connectivity index (χ2v) is 3.98. The van der Waals surface area contributed by atoms with Crippen LogP contribution < -0.4 is 4.74 Å². The number of hydrogen-bond donors (Lipinski definition) is 0. The molecule has 0 saturated carbocycles. The third-order valence-corrected chi connectivity index (χ3v) is 2.83. The molecule has 1 aromatic carbocycles. The van der Waals surface area contributed by atoms with Crippen LogP contribution in [0.2, 0.25) is 0 Å². The van der Waals surface area contributed by atoms with Crippen molar-refractivity contribution in [3.8, 4) is 5.75 Å². The maximum Gasteiger partial charge on any atom is 0.269 e. The molecule has 0 fully saturated rings. The van der Waals surface area contributed by atoms with Crippen LogP contribution >= 0.6 is 12.4 Å². The highest BCUT2D eigenvalue weighted by Gasteiger charge is 2.04. The number of nitro groups is 1. The Balaban J connectivity index is 0.00000324. The van der Waals surface area contributed by atoms with Crippen molar-refractivity contribution in [1.82, 2.24) is 4.90 Å². The first-order valence-electron chi connectivity index (χ1n) is 6.27. The maximum absolute atomic E-state index is 10.5. The number of benzene rings is 1. The first-order chi connectivity index (χ1) is 8.67. The Hall–Kier alpha value is -1.33. The number of hydrogen-bond acceptors (Lipinski definition) is 4. The minimum atomic E-state index is -0.413. The average molecular weight is 289 g/mol. The molecular weight excluding hydrogens is 268 g/mol. The SMILES string of the molecule is CCN(CC)CCCOc1ccc([N+](=O)[O-])cc1.Cl. The summed E-state index contributed by atoms with van der Waals surface area (Å²) in [6, 6.07) is 6.19. The van der Waals surface area contributed by atoms with E-state index in [9.17, 15) is 10.1 Å². The predicted octanol–water partition coefficient (Wildman–Crippen LogP) is 3.13. The van der Waals surface area contributed by atoms with Crippen LogP contribution in [0.15, 0.2) is 24.3 Å². The Labute approximate surface area is 120 Å². The lowest BCUT2D eigenvalue weighted by Gasteiger charge is -2.17. The molecule has 19 heavy (non-hydrogen) atoms. The lowest BCUT2D eigenvalue weighted by atomic mass is 10.3. The van der Waals surface area contributed by atoms with Gasteiger partial charge in [0.15, 0.2) is 0 Å². The van der Waals surface area contributed by atoms with E-state index in [4.69, 9.17) is 4.74 Å². The molecule has 0 aliphatic heterocycles. The molecule has 0 radical (unpaired) electrons. The van der Waals surface area contributed by atoms with Gasteiger partial charge in [-0.05, 0) is 31.6 Å². The Morgan fingerprint density at radius 3 is 2.26 bits per heavy atom. The van der Waals surface area contributed by atoms with Gasteiger partial charge in [-0.15, -0.1) is 12.4 Å². The third kappa shape index (κ3) is 6.40. The lowest BCUT2D eigenvalue weighted by molar-refractivity contribution is -0.384. The smallest absolute Gasteiger partial charge is 0.269 e. The van der Waals surface area contributed by atoms with E-state index in [1.54, 1.807) is 12.1 Å². The van der Waals surface area contributed by atoms with Crippen LogP contribution in [0.5, 0.6) is 5.75 Å². The maximum atomic E-state index is 10.5. The highest BCUT2D eigenvalue weighted by molar-refractivity contribution is 5.85. The fraction of sp³-hybridized carbons (Fsp3) is 0.538. The molecule has 5 nitrogen and oxygen atoms in total. The molecule has 0 atom stereocenters. The van der Waals surface area contributed by atoms with Crippen molar-refractivity contribution >= 4 is 18.1 Å². The summed E-state index contributed by atoms with van der Waals surface area (Å²) in [4.78, 5) is 12.4. The van der Waals surface area contributed by atoms with E-state index in [-0.39, 0.29) is 18.1 Å². The summed E-state index contributed by atoms with van der Waals surface area (Å²) in [5.41, 5.74) is 0.0884. The summed E-state index contributed by atoms with van der Waals surface area (Å²) < 4.78 is 5.53. The molecule has 1 rings (SSSR count). The van der Waals surface area contributed by atoms with Crippen LogP contribution in [0, 0.1) is 10.1 Å². The van der Waals surface area contributed by atoms with E-state index < -0.39 is 4.92 Å². The molecule has 0 aliphatic rings. The quantitative estimate of drug-likeness (QED) is 0.419. The Morgan fingerprint density at radius 1 is 1.21 bits per heavy atom. The number of nitrogens with zero attached hydrogens (tertiary/aromatic N) is 2. The van der Waals surface area contributed by atoms with E-state index in [0.717, 1.165) is 26.1 Å². The minimum Gasteiger partial charge on any atom is -0.494 e. The monoisotopic (exact) mass is 288 g/mol. The van der Waals surface area contributed by atoms with Gasteiger partial charge >= 0.3 is 0 Å². The lowest BCUT2D eigenvalue weighted by Crippen LogP contribution is -2.25. The summed E-state index contributed by atoms with van der Waals surface area (Å²) in [6.45, 7) is 8.03. The molecule has 0 aromatic heterocycles. The van der Waals surface area contributed by atoms with Gasteiger partial charge in [0.05, 0.1) is 11.5 Å². The van der Waals surface area contributed by atoms with Crippen LogP contribution in [-0.4, -0.2) is 36.1 Å². The summed E-state index contributed by atoms with van der Waals surface area (Å²) in [7, 11) is 0. The molecule has 0 N–H and O–H groups in total. The molecule has 6 heteroatoms. The first kappa shape index (κ1) is 17.7. The zero-order valence-electron chi connectivity index (χ0n) is 11.4. The van der Waals surface area contributed by atoms with E-state index in [1.165, 1.54) is 12.1 Å². The largest absolute Gasteiger partial charge is 0.494 e. The van der Waals surface area contributed by atoms with Gasteiger partial charge in [-0.3, -0.25) is 10.1 Å². The number of nitro benzene ring substituents is 1. The zero-order valence-corrected chi connectivity index (χ0v) is 12.2. The van der Waals surface area contributed by atoms with E-state index >= 15 is 0 Å². The van der Waals surface area contributed by atoms with Gasteiger partial charge in [0.1, 0.15) is 5.75 Å². The van der Waals surface area contributed by atoms with Gasteiger partial charge in [0.25, 0.3) is 5.69 Å². The normalized spacial score (nSPS) is 10.1. The third-order valence-electron chi connectivity index (χ3n) is 2.83. The summed E-state index contributed by atoms with van der Waals surface area (Å²) in [5, 5.41) is 10.5. The van der Waals surface area contributed by atoms with Gasteiger partial charge in [-0.2, -0.15) is 0 Å². The molecule has 0 aliphatic carbocycles. The molecule has 0 amide bonds. The van der Waals surface area contributed by atoms with Gasteiger partial charge in [0.2, 0.25) is 0 Å². The molecule has 0 saturated heterocycles. The van der Waals surface area contributed by atoms with Crippen molar-refractivity contribution in [3.05, 3.63) is 34.4 Å². The van der Waals surface area contributed by atoms with Crippen LogP contribution in [0.4, 0.5) is 5.69 Å². The van der Waals surface area contributed by atoms with Crippen LogP contribution in [0.25, 0.3) is 0 Å². The Kier molecular flexibility index (Phi) is 8.91. The van der Waals surface area contributed by atoms with Crippen LogP contribution in [-0.2, 0) is 0 Å². The molecule has 1 aromatic rings. The van der Waals surface area contributed by atoms with Gasteiger partial charge in [-0.25, -0.2) is 0 Å². The Bertz CT molecular complexity index is 367. The van der Waals surface area contributed by atoms with E-state index in [1.807, 2.05) is 0 Å². The standard InChI is InChI=1S/C13H20N2O3.ClH/c1-3-14(4-2)10-5-11-18-13-8-6-12(7-9-13)15(16)17;/h6-9H,3-5,10-11H2,1-2H3;1H. The van der Waals surface area contributed by atoms with E-state index in [0.29, 0.717) is 12.4 Å². The van der Waals surface area contributed by atoms with Crippen molar-refractivity contribution in [2.45, 2.75) is 20.3 Å². The molecular formula is C13H21ClN2O3. The second-order valence-electron chi connectivity index (χ2n) is 3.98. The van der Waals surface area contributed by atoms with Gasteiger partial charge in [-0.1, -0.05) is 13.8 Å². The predicted molar refractivity (Wildman–Crippen MR) is 78.2 cm³/mol. The summed E-state index contributed by atoms with van der Waals surface area (Å²) in [6.07, 6.45) is 0.957. The van der Waals surface area contributed by atoms with Crippen molar-refractivity contribution in [1.29, 1.82) is 0 Å². The molecule has 0 spiro atoms. The van der Waals surface area contributed by atoms with Crippen molar-refractivity contribution in [2.24, 2.45) is 0 Å². The fourth-order valence-electron chi connectivity index (χ4n) is 1.68. The number of halogens is 1. The molecule has 0 heterocycles. The molecule has 0 unspecified atom stereocenters. The highest BCUT2D eigenvalue weighted by Crippen LogP contribution is 2.17. The van der Waals surface area contributed by atoms with E-state index in [2.05, 4.69) is 18.7 Å². The van der Waals surface area contributed by atoms with Crippen LogP contribution in [0.1, 0.15) is 20.3 Å². The summed E-state index contributed by atoms with van der Waals surface area (Å²) >= 11 is 0. The molecule has 108 valence electrons. The highest BCUT2D eigenvalue weighted by atomic mass is 35.5. The zero-order chi connectivity index (χ0) is 13.4. The first-order valence-corrected chi connectivity index (χ1v) is 6.27. The van der Waals surface area contributed by atoms with Gasteiger partial charge in [0, 0.05) is 18.7 Å². The molecule has 0 bridgehead atoms. The average Bonchev–Trinajstić information content (AvgIpc) is 2.39. The minimum absolute atomic E-state index is 0. The van der Waals surface area contributed by atoms with Crippen molar-refractivity contribution in [2.75, 3.05) is 26.2 Å². The fourth-order valence-corrected chi connectivity index (χ4v) is 1.68. The Morgan fingerprint density at radius 2 is 1.79 bits per heavy atom.